The van der Waals surface area contributed by atoms with E-state index in [1.54, 1.807) is 0 Å². The van der Waals surface area contributed by atoms with Gasteiger partial charge in [-0.3, -0.25) is 16.8 Å². The van der Waals surface area contributed by atoms with Crippen molar-refractivity contribution in [1.82, 2.24) is 0 Å². The van der Waals surface area contributed by atoms with Crippen LogP contribution >= 0.6 is 0 Å². The van der Waals surface area contributed by atoms with Crippen molar-refractivity contribution in [3.05, 3.63) is 0 Å². The van der Waals surface area contributed by atoms with E-state index in [1.165, 1.54) is 0 Å². The topological polar surface area (TPSA) is 161 Å². The molecule has 0 aliphatic heterocycles. The standard InChI is InChI=1S/Fe.2H2O4S.Pb/c;2*1-5(2,3)4;/h;2*(H2,1,2,3,4);/q+2;;;+2/p-4. The zero-order valence-corrected chi connectivity index (χ0v) is 11.6. The Balaban J connectivity index is -0.0000000457. The van der Waals surface area contributed by atoms with Crippen LogP contribution in [-0.4, -0.2) is 62.3 Å². The van der Waals surface area contributed by atoms with Gasteiger partial charge in [0, 0.05) is 20.8 Å². The normalized spacial score (nSPS) is 9.67. The Hall–Kier alpha value is 1.18. The van der Waals surface area contributed by atoms with E-state index >= 15 is 0 Å². The third-order valence-electron chi connectivity index (χ3n) is 0. The molecule has 0 amide bonds. The molecule has 0 rings (SSSR count). The molecule has 0 spiro atoms. The summed E-state index contributed by atoms with van der Waals surface area (Å²) in [6.07, 6.45) is 0. The summed E-state index contributed by atoms with van der Waals surface area (Å²) in [5, 5.41) is 0. The van der Waals surface area contributed by atoms with Gasteiger partial charge in [-0.05, 0) is 0 Å². The van der Waals surface area contributed by atoms with Crippen molar-refractivity contribution in [2.45, 2.75) is 0 Å². The van der Waals surface area contributed by atoms with E-state index in [-0.39, 0.29) is 44.4 Å². The van der Waals surface area contributed by atoms with Crippen LogP contribution in [0.15, 0.2) is 0 Å². The monoisotopic (exact) mass is 456 g/mol. The SMILES string of the molecule is O=S(=O)([O-])[O-].O=S(=O)([O-])[O-].[Fe+2].[Pb+2]. The molecule has 0 saturated carbocycles. The number of hydrogen-bond acceptors (Lipinski definition) is 8. The van der Waals surface area contributed by atoms with Crippen LogP contribution in [0.5, 0.6) is 0 Å². The smallest absolute Gasteiger partial charge is 0.759 e. The molecule has 0 aromatic carbocycles. The number of hydrogen-bond donors (Lipinski definition) is 0. The molecule has 0 aromatic rings. The van der Waals surface area contributed by atoms with Crippen LogP contribution in [0.3, 0.4) is 0 Å². The van der Waals surface area contributed by atoms with Gasteiger partial charge in [0.2, 0.25) is 0 Å². The fourth-order valence-electron chi connectivity index (χ4n) is 0. The van der Waals surface area contributed by atoms with Crippen LogP contribution in [0.4, 0.5) is 0 Å². The second kappa shape index (κ2) is 8.77. The molecule has 2 radical (unpaired) electrons. The summed E-state index contributed by atoms with van der Waals surface area (Å²) in [6.45, 7) is 0. The van der Waals surface area contributed by atoms with Gasteiger partial charge in [0.1, 0.15) is 0 Å². The van der Waals surface area contributed by atoms with E-state index in [2.05, 4.69) is 0 Å². The quantitative estimate of drug-likeness (QED) is 0.211. The first kappa shape index (κ1) is 23.2. The average molecular weight is 455 g/mol. The molecular weight excluding hydrogens is 455 g/mol. The second-order valence-electron chi connectivity index (χ2n) is 0.816. The Morgan fingerprint density at radius 1 is 0.667 bits per heavy atom. The minimum atomic E-state index is -5.17. The van der Waals surface area contributed by atoms with Gasteiger partial charge in [0.15, 0.2) is 0 Å². The van der Waals surface area contributed by atoms with Gasteiger partial charge in [-0.25, -0.2) is 0 Å². The first-order valence-corrected chi connectivity index (χ1v) is 4.00. The van der Waals surface area contributed by atoms with Gasteiger partial charge in [0.05, 0.1) is 0 Å². The van der Waals surface area contributed by atoms with Crippen molar-refractivity contribution in [1.29, 1.82) is 0 Å². The molecule has 72 valence electrons. The Bertz CT molecular complexity index is 213. The molecule has 0 unspecified atom stereocenters. The predicted octanol–water partition coefficient (Wildman–Crippen LogP) is -3.06. The fraction of sp³-hybridized carbons (Fsp3) is 0. The first-order valence-electron chi connectivity index (χ1n) is 1.33. The minimum absolute atomic E-state index is 0. The van der Waals surface area contributed by atoms with Crippen LogP contribution in [0.1, 0.15) is 0 Å². The van der Waals surface area contributed by atoms with Gasteiger partial charge in [0.25, 0.3) is 0 Å². The van der Waals surface area contributed by atoms with E-state index in [0.29, 0.717) is 0 Å². The van der Waals surface area contributed by atoms with E-state index in [1.807, 2.05) is 0 Å². The zero-order valence-electron chi connectivity index (χ0n) is 4.94. The summed E-state index contributed by atoms with van der Waals surface area (Å²) >= 11 is 0. The van der Waals surface area contributed by atoms with Gasteiger partial charge >= 0.3 is 44.4 Å². The molecule has 0 N–H and O–H groups in total. The van der Waals surface area contributed by atoms with Crippen molar-refractivity contribution in [3.63, 3.8) is 0 Å². The van der Waals surface area contributed by atoms with Crippen molar-refractivity contribution in [2.75, 3.05) is 0 Å². The molecular formula is FeO8PbS2. The van der Waals surface area contributed by atoms with Gasteiger partial charge in [-0.2, -0.15) is 0 Å². The molecule has 12 heavy (non-hydrogen) atoms. The van der Waals surface area contributed by atoms with Crippen LogP contribution < -0.4 is 0 Å². The summed E-state index contributed by atoms with van der Waals surface area (Å²) in [6, 6.07) is 0. The summed E-state index contributed by atoms with van der Waals surface area (Å²) in [4.78, 5) is 0. The van der Waals surface area contributed by atoms with Crippen molar-refractivity contribution < 1.29 is 52.1 Å². The van der Waals surface area contributed by atoms with Gasteiger partial charge in [-0.15, -0.1) is 0 Å². The molecule has 0 saturated heterocycles. The Morgan fingerprint density at radius 2 is 0.667 bits per heavy atom. The maximum atomic E-state index is 8.52. The molecule has 0 bridgehead atoms. The summed E-state index contributed by atoms with van der Waals surface area (Å²) in [5.74, 6) is 0. The molecule has 8 nitrogen and oxygen atoms in total. The molecule has 0 aliphatic carbocycles. The zero-order chi connectivity index (χ0) is 9.00. The summed E-state index contributed by atoms with van der Waals surface area (Å²) in [7, 11) is -10.3. The predicted molar refractivity (Wildman–Crippen MR) is 26.7 cm³/mol. The molecule has 0 atom stereocenters. The van der Waals surface area contributed by atoms with Crippen LogP contribution in [0.25, 0.3) is 0 Å². The molecule has 12 heteroatoms. The van der Waals surface area contributed by atoms with Crippen LogP contribution in [0.2, 0.25) is 0 Å². The third kappa shape index (κ3) is 830. The van der Waals surface area contributed by atoms with Crippen LogP contribution in [0, 0.1) is 0 Å². The summed E-state index contributed by atoms with van der Waals surface area (Å²) < 4.78 is 68.2. The summed E-state index contributed by atoms with van der Waals surface area (Å²) in [5.41, 5.74) is 0. The van der Waals surface area contributed by atoms with E-state index in [9.17, 15) is 0 Å². The Morgan fingerprint density at radius 3 is 0.667 bits per heavy atom. The van der Waals surface area contributed by atoms with Crippen molar-refractivity contribution in [3.8, 4) is 0 Å². The first-order chi connectivity index (χ1) is 4.00. The fourth-order valence-corrected chi connectivity index (χ4v) is 0. The maximum absolute atomic E-state index is 8.52. The minimum Gasteiger partial charge on any atom is -0.759 e. The molecule has 0 aliphatic rings. The maximum Gasteiger partial charge on any atom is 2.00 e. The Kier molecular flexibility index (Phi) is 16.9. The molecule has 0 aromatic heterocycles. The average Bonchev–Trinajstić information content (AvgIpc) is 1.12. The van der Waals surface area contributed by atoms with Crippen molar-refractivity contribution in [2.24, 2.45) is 0 Å². The molecule has 0 fully saturated rings. The number of rotatable bonds is 0. The van der Waals surface area contributed by atoms with Gasteiger partial charge in [-0.1, -0.05) is 0 Å². The van der Waals surface area contributed by atoms with E-state index in [0.717, 1.165) is 0 Å². The second-order valence-corrected chi connectivity index (χ2v) is 2.45. The van der Waals surface area contributed by atoms with E-state index < -0.39 is 20.8 Å². The van der Waals surface area contributed by atoms with E-state index in [4.69, 9.17) is 35.0 Å². The van der Waals surface area contributed by atoms with Crippen molar-refractivity contribution >= 4 is 48.1 Å². The molecule has 0 heterocycles. The third-order valence-corrected chi connectivity index (χ3v) is 0. The van der Waals surface area contributed by atoms with Gasteiger partial charge < -0.3 is 18.2 Å². The van der Waals surface area contributed by atoms with Crippen LogP contribution in [-0.2, 0) is 37.9 Å². The largest absolute Gasteiger partial charge is 2.00 e. The Labute approximate surface area is 99.5 Å².